The number of carbonyl (C=O) groups excluding carboxylic acids is 3. The first-order valence-corrected chi connectivity index (χ1v) is 8.82. The molecule has 0 saturated carbocycles. The Morgan fingerprint density at radius 3 is 2.44 bits per heavy atom. The first kappa shape index (κ1) is 18.6. The van der Waals surface area contributed by atoms with Gasteiger partial charge in [-0.3, -0.25) is 14.4 Å². The smallest absolute Gasteiger partial charge is 0.312 e. The lowest BCUT2D eigenvalue weighted by Gasteiger charge is -2.32. The van der Waals surface area contributed by atoms with E-state index < -0.39 is 11.8 Å². The highest BCUT2D eigenvalue weighted by Crippen LogP contribution is 2.15. The largest absolute Gasteiger partial charge is 0.348 e. The molecule has 0 radical (unpaired) electrons. The minimum atomic E-state index is -0.622. The van der Waals surface area contributed by atoms with Crippen molar-refractivity contribution in [3.8, 4) is 5.69 Å². The molecule has 1 aliphatic rings. The normalized spacial score (nSPS) is 15.8. The third-order valence-electron chi connectivity index (χ3n) is 4.57. The maximum atomic E-state index is 12.3. The van der Waals surface area contributed by atoms with E-state index in [0.29, 0.717) is 19.6 Å². The molecule has 0 aliphatic carbocycles. The van der Waals surface area contributed by atoms with Crippen LogP contribution in [0.15, 0.2) is 36.9 Å². The van der Waals surface area contributed by atoms with Crippen LogP contribution in [0, 0.1) is 0 Å². The molecule has 0 spiro atoms. The summed E-state index contributed by atoms with van der Waals surface area (Å²) in [6, 6.07) is 7.34. The zero-order valence-corrected chi connectivity index (χ0v) is 15.3. The van der Waals surface area contributed by atoms with Gasteiger partial charge in [0, 0.05) is 19.6 Å². The van der Waals surface area contributed by atoms with E-state index in [4.69, 9.17) is 0 Å². The van der Waals surface area contributed by atoms with Gasteiger partial charge in [0.15, 0.2) is 0 Å². The molecule has 2 heterocycles. The molecule has 2 aromatic rings. The Kier molecular flexibility index (Phi) is 5.49. The van der Waals surface area contributed by atoms with E-state index in [1.165, 1.54) is 16.1 Å². The summed E-state index contributed by atoms with van der Waals surface area (Å²) in [7, 11) is 0. The van der Waals surface area contributed by atoms with E-state index >= 15 is 0 Å². The lowest BCUT2D eigenvalue weighted by Crippen LogP contribution is -2.56. The molecule has 1 N–H and O–H groups in total. The number of carbonyl (C=O) groups is 3. The van der Waals surface area contributed by atoms with Crippen molar-refractivity contribution in [2.45, 2.75) is 19.9 Å². The van der Waals surface area contributed by atoms with Crippen molar-refractivity contribution in [2.75, 3.05) is 26.2 Å². The van der Waals surface area contributed by atoms with Gasteiger partial charge in [0.2, 0.25) is 5.91 Å². The van der Waals surface area contributed by atoms with E-state index in [2.05, 4.69) is 15.4 Å². The van der Waals surface area contributed by atoms with Gasteiger partial charge in [-0.1, -0.05) is 12.1 Å². The number of nitrogens with one attached hydrogen (secondary N) is 1. The molecule has 3 amide bonds. The third kappa shape index (κ3) is 4.13. The van der Waals surface area contributed by atoms with Crippen LogP contribution in [0.2, 0.25) is 0 Å². The highest BCUT2D eigenvalue weighted by molar-refractivity contribution is 6.35. The standard InChI is InChI=1S/C18H22N6O3/c1-3-22-8-9-23(18(27)17(22)26)10-16(25)21-13(2)14-4-6-15(7-5-14)24-12-19-11-20-24/h4-7,11-13H,3,8-10H2,1-2H3,(H,21,25). The molecule has 142 valence electrons. The number of aromatic nitrogens is 3. The average Bonchev–Trinajstić information content (AvgIpc) is 3.20. The Bertz CT molecular complexity index is 818. The molecule has 1 fully saturated rings. The zero-order valence-electron chi connectivity index (χ0n) is 15.3. The second-order valence-corrected chi connectivity index (χ2v) is 6.33. The second kappa shape index (κ2) is 7.98. The number of benzene rings is 1. The van der Waals surface area contributed by atoms with Gasteiger partial charge in [0.1, 0.15) is 19.2 Å². The molecule has 1 unspecified atom stereocenters. The van der Waals surface area contributed by atoms with E-state index in [1.54, 1.807) is 11.0 Å². The summed E-state index contributed by atoms with van der Waals surface area (Å²) < 4.78 is 1.64. The fourth-order valence-corrected chi connectivity index (χ4v) is 2.97. The predicted octanol–water partition coefficient (Wildman–Crippen LogP) is 0.135. The summed E-state index contributed by atoms with van der Waals surface area (Å²) in [5.74, 6) is -1.47. The van der Waals surface area contributed by atoms with Gasteiger partial charge in [-0.05, 0) is 31.5 Å². The number of likely N-dealkylation sites (N-methyl/N-ethyl adjacent to an activating group) is 1. The van der Waals surface area contributed by atoms with E-state index in [-0.39, 0.29) is 18.5 Å². The van der Waals surface area contributed by atoms with Crippen molar-refractivity contribution in [3.63, 3.8) is 0 Å². The average molecular weight is 370 g/mol. The van der Waals surface area contributed by atoms with Crippen molar-refractivity contribution in [3.05, 3.63) is 42.5 Å². The first-order valence-electron chi connectivity index (χ1n) is 8.82. The van der Waals surface area contributed by atoms with Gasteiger partial charge in [-0.2, -0.15) is 5.10 Å². The van der Waals surface area contributed by atoms with Crippen LogP contribution in [0.5, 0.6) is 0 Å². The summed E-state index contributed by atoms with van der Waals surface area (Å²) in [6.45, 7) is 4.88. The van der Waals surface area contributed by atoms with Crippen LogP contribution in [0.25, 0.3) is 5.69 Å². The topological polar surface area (TPSA) is 100 Å². The van der Waals surface area contributed by atoms with Crippen molar-refractivity contribution in [2.24, 2.45) is 0 Å². The minimum Gasteiger partial charge on any atom is -0.348 e. The van der Waals surface area contributed by atoms with Crippen LogP contribution in [-0.4, -0.2) is 68.5 Å². The molecular formula is C18H22N6O3. The zero-order chi connectivity index (χ0) is 19.4. The van der Waals surface area contributed by atoms with Gasteiger partial charge >= 0.3 is 11.8 Å². The Morgan fingerprint density at radius 2 is 1.81 bits per heavy atom. The Labute approximate surface area is 157 Å². The molecule has 9 heteroatoms. The molecule has 27 heavy (non-hydrogen) atoms. The molecule has 1 saturated heterocycles. The van der Waals surface area contributed by atoms with Crippen molar-refractivity contribution < 1.29 is 14.4 Å². The van der Waals surface area contributed by atoms with Gasteiger partial charge in [-0.25, -0.2) is 9.67 Å². The molecule has 1 aromatic carbocycles. The van der Waals surface area contributed by atoms with Crippen LogP contribution in [0.1, 0.15) is 25.5 Å². The SMILES string of the molecule is CCN1CCN(CC(=O)NC(C)c2ccc(-n3cncn3)cc2)C(=O)C1=O. The molecule has 1 atom stereocenters. The molecular weight excluding hydrogens is 348 g/mol. The maximum Gasteiger partial charge on any atom is 0.312 e. The molecule has 0 bridgehead atoms. The van der Waals surface area contributed by atoms with Crippen LogP contribution in [0.4, 0.5) is 0 Å². The predicted molar refractivity (Wildman–Crippen MR) is 96.8 cm³/mol. The maximum absolute atomic E-state index is 12.3. The van der Waals surface area contributed by atoms with Gasteiger partial charge in [0.05, 0.1) is 11.7 Å². The number of piperazine rings is 1. The quantitative estimate of drug-likeness (QED) is 0.729. The molecule has 3 rings (SSSR count). The lowest BCUT2D eigenvalue weighted by atomic mass is 10.1. The number of hydrogen-bond acceptors (Lipinski definition) is 5. The summed E-state index contributed by atoms with van der Waals surface area (Å²) in [6.07, 6.45) is 3.07. The van der Waals surface area contributed by atoms with Crippen LogP contribution >= 0.6 is 0 Å². The lowest BCUT2D eigenvalue weighted by molar-refractivity contribution is -0.156. The summed E-state index contributed by atoms with van der Waals surface area (Å²) in [5.41, 5.74) is 1.79. The number of nitrogens with zero attached hydrogens (tertiary/aromatic N) is 5. The van der Waals surface area contributed by atoms with Crippen molar-refractivity contribution in [1.29, 1.82) is 0 Å². The van der Waals surface area contributed by atoms with E-state index in [0.717, 1.165) is 11.3 Å². The molecule has 9 nitrogen and oxygen atoms in total. The Hall–Kier alpha value is -3.23. The van der Waals surface area contributed by atoms with Crippen LogP contribution < -0.4 is 5.32 Å². The highest BCUT2D eigenvalue weighted by atomic mass is 16.2. The van der Waals surface area contributed by atoms with Gasteiger partial charge < -0.3 is 15.1 Å². The minimum absolute atomic E-state index is 0.122. The van der Waals surface area contributed by atoms with Crippen molar-refractivity contribution in [1.82, 2.24) is 29.9 Å². The second-order valence-electron chi connectivity index (χ2n) is 6.33. The van der Waals surface area contributed by atoms with Crippen LogP contribution in [0.3, 0.4) is 0 Å². The number of rotatable bonds is 6. The van der Waals surface area contributed by atoms with Crippen LogP contribution in [-0.2, 0) is 14.4 Å². The highest BCUT2D eigenvalue weighted by Gasteiger charge is 2.32. The Balaban J connectivity index is 1.56. The molecule has 1 aromatic heterocycles. The number of hydrogen-bond donors (Lipinski definition) is 1. The Morgan fingerprint density at radius 1 is 1.15 bits per heavy atom. The van der Waals surface area contributed by atoms with Gasteiger partial charge in [-0.15, -0.1) is 0 Å². The van der Waals surface area contributed by atoms with Crippen molar-refractivity contribution >= 4 is 17.7 Å². The number of amides is 3. The summed E-state index contributed by atoms with van der Waals surface area (Å²) >= 11 is 0. The summed E-state index contributed by atoms with van der Waals surface area (Å²) in [4.78, 5) is 43.0. The fraction of sp³-hybridized carbons (Fsp3) is 0.389. The summed E-state index contributed by atoms with van der Waals surface area (Å²) in [5, 5.41) is 6.93. The van der Waals surface area contributed by atoms with E-state index in [9.17, 15) is 14.4 Å². The third-order valence-corrected chi connectivity index (χ3v) is 4.57. The van der Waals surface area contributed by atoms with Gasteiger partial charge in [0.25, 0.3) is 0 Å². The van der Waals surface area contributed by atoms with E-state index in [1.807, 2.05) is 38.1 Å². The fourth-order valence-electron chi connectivity index (χ4n) is 2.97. The molecule has 1 aliphatic heterocycles. The first-order chi connectivity index (χ1) is 13.0. The monoisotopic (exact) mass is 370 g/mol.